The Balaban J connectivity index is 1.72. The first-order valence-corrected chi connectivity index (χ1v) is 8.76. The van der Waals surface area contributed by atoms with Crippen LogP contribution in [0.2, 0.25) is 0 Å². The van der Waals surface area contributed by atoms with Crippen LogP contribution in [0.15, 0.2) is 48.8 Å². The van der Waals surface area contributed by atoms with Gasteiger partial charge in [0, 0.05) is 5.69 Å². The van der Waals surface area contributed by atoms with Gasteiger partial charge in [0.15, 0.2) is 0 Å². The lowest BCUT2D eigenvalue weighted by Gasteiger charge is -2.22. The number of hydrogen-bond donors (Lipinski definition) is 2. The van der Waals surface area contributed by atoms with Crippen LogP contribution in [0.3, 0.4) is 0 Å². The number of halogens is 2. The summed E-state index contributed by atoms with van der Waals surface area (Å²) >= 11 is 0. The highest BCUT2D eigenvalue weighted by atomic mass is 19.1. The zero-order chi connectivity index (χ0) is 21.0. The van der Waals surface area contributed by atoms with Gasteiger partial charge in [0.1, 0.15) is 29.6 Å². The number of hydrogen-bond acceptors (Lipinski definition) is 5. The molecule has 0 spiro atoms. The molecule has 0 aliphatic rings. The van der Waals surface area contributed by atoms with Crippen LogP contribution in [0.25, 0.3) is 5.69 Å². The molecule has 3 aromatic rings. The van der Waals surface area contributed by atoms with Crippen LogP contribution < -0.4 is 10.6 Å². The van der Waals surface area contributed by atoms with Gasteiger partial charge in [-0.25, -0.2) is 13.5 Å². The fourth-order valence-corrected chi connectivity index (χ4v) is 2.66. The Morgan fingerprint density at radius 2 is 1.69 bits per heavy atom. The summed E-state index contributed by atoms with van der Waals surface area (Å²) in [6.45, 7) is 3.42. The maximum Gasteiger partial charge on any atom is 0.257 e. The number of nitrogens with one attached hydrogen (secondary N) is 2. The van der Waals surface area contributed by atoms with Crippen LogP contribution in [0.4, 0.5) is 14.5 Å². The van der Waals surface area contributed by atoms with E-state index < -0.39 is 35.1 Å². The average molecular weight is 400 g/mol. The molecule has 29 heavy (non-hydrogen) atoms. The van der Waals surface area contributed by atoms with Crippen molar-refractivity contribution in [3.05, 3.63) is 66.0 Å². The third-order valence-corrected chi connectivity index (χ3v) is 4.17. The van der Waals surface area contributed by atoms with Gasteiger partial charge in [-0.3, -0.25) is 9.59 Å². The second-order valence-electron chi connectivity index (χ2n) is 6.58. The lowest BCUT2D eigenvalue weighted by atomic mass is 10.0. The molecule has 1 unspecified atom stereocenters. The summed E-state index contributed by atoms with van der Waals surface area (Å²) in [5.41, 5.74) is 0.442. The van der Waals surface area contributed by atoms with Crippen molar-refractivity contribution in [1.82, 2.24) is 25.5 Å². The van der Waals surface area contributed by atoms with E-state index in [1.165, 1.54) is 11.0 Å². The molecule has 2 amide bonds. The number of nitrogens with zero attached hydrogens (tertiary/aromatic N) is 4. The summed E-state index contributed by atoms with van der Waals surface area (Å²) < 4.78 is 29.1. The molecule has 0 bridgehead atoms. The van der Waals surface area contributed by atoms with Gasteiger partial charge in [0.25, 0.3) is 5.91 Å². The Morgan fingerprint density at radius 1 is 1.03 bits per heavy atom. The zero-order valence-corrected chi connectivity index (χ0v) is 15.6. The van der Waals surface area contributed by atoms with E-state index in [2.05, 4.69) is 26.2 Å². The standard InChI is InChI=1S/C19H18F2N6O2/c1-11(2)17(24-18(28)16-14(20)4-3-5-15(16)21)19(29)23-12-6-8-13(9-7-12)27-10-22-25-26-27/h3-11,17H,1-2H3,(H,23,29)(H,24,28). The summed E-state index contributed by atoms with van der Waals surface area (Å²) in [5, 5.41) is 15.9. The van der Waals surface area contributed by atoms with E-state index in [9.17, 15) is 18.4 Å². The second-order valence-corrected chi connectivity index (χ2v) is 6.58. The Morgan fingerprint density at radius 3 is 2.24 bits per heavy atom. The molecular formula is C19H18F2N6O2. The van der Waals surface area contributed by atoms with E-state index in [0.717, 1.165) is 18.2 Å². The summed E-state index contributed by atoms with van der Waals surface area (Å²) in [7, 11) is 0. The molecule has 10 heteroatoms. The predicted molar refractivity (Wildman–Crippen MR) is 100 cm³/mol. The molecule has 8 nitrogen and oxygen atoms in total. The molecule has 0 aliphatic heterocycles. The van der Waals surface area contributed by atoms with Crippen molar-refractivity contribution in [3.8, 4) is 5.69 Å². The van der Waals surface area contributed by atoms with Crippen molar-refractivity contribution in [2.24, 2.45) is 5.92 Å². The zero-order valence-electron chi connectivity index (χ0n) is 15.6. The maximum atomic E-state index is 13.8. The molecular weight excluding hydrogens is 382 g/mol. The fourth-order valence-electron chi connectivity index (χ4n) is 2.66. The van der Waals surface area contributed by atoms with E-state index in [0.29, 0.717) is 11.4 Å². The highest BCUT2D eigenvalue weighted by Crippen LogP contribution is 2.16. The Kier molecular flexibility index (Phi) is 5.91. The van der Waals surface area contributed by atoms with Crippen LogP contribution >= 0.6 is 0 Å². The predicted octanol–water partition coefficient (Wildman–Crippen LogP) is 2.33. The molecule has 2 aromatic carbocycles. The number of carbonyl (C=O) groups is 2. The van der Waals surface area contributed by atoms with E-state index in [1.54, 1.807) is 38.1 Å². The molecule has 0 saturated carbocycles. The smallest absolute Gasteiger partial charge is 0.257 e. The molecule has 0 saturated heterocycles. The van der Waals surface area contributed by atoms with Crippen LogP contribution in [-0.2, 0) is 4.79 Å². The number of aromatic nitrogens is 4. The first-order valence-electron chi connectivity index (χ1n) is 8.76. The van der Waals surface area contributed by atoms with Gasteiger partial charge in [-0.05, 0) is 52.7 Å². The minimum absolute atomic E-state index is 0.325. The molecule has 1 heterocycles. The highest BCUT2D eigenvalue weighted by Gasteiger charge is 2.27. The molecule has 1 aromatic heterocycles. The Bertz CT molecular complexity index is 986. The van der Waals surface area contributed by atoms with Gasteiger partial charge in [-0.2, -0.15) is 0 Å². The molecule has 0 aliphatic carbocycles. The first kappa shape index (κ1) is 20.1. The minimum Gasteiger partial charge on any atom is -0.340 e. The van der Waals surface area contributed by atoms with Crippen LogP contribution in [0.5, 0.6) is 0 Å². The van der Waals surface area contributed by atoms with Crippen molar-refractivity contribution < 1.29 is 18.4 Å². The van der Waals surface area contributed by atoms with Crippen molar-refractivity contribution in [1.29, 1.82) is 0 Å². The number of amides is 2. The SMILES string of the molecule is CC(C)C(NC(=O)c1c(F)cccc1F)C(=O)Nc1ccc(-n2cnnn2)cc1. The second kappa shape index (κ2) is 8.55. The molecule has 0 radical (unpaired) electrons. The molecule has 2 N–H and O–H groups in total. The van der Waals surface area contributed by atoms with Crippen LogP contribution in [0.1, 0.15) is 24.2 Å². The third-order valence-electron chi connectivity index (χ3n) is 4.17. The maximum absolute atomic E-state index is 13.8. The van der Waals surface area contributed by atoms with E-state index in [4.69, 9.17) is 0 Å². The van der Waals surface area contributed by atoms with Crippen molar-refractivity contribution in [3.63, 3.8) is 0 Å². The third kappa shape index (κ3) is 4.60. The number of rotatable bonds is 6. The van der Waals surface area contributed by atoms with Gasteiger partial charge in [-0.1, -0.05) is 19.9 Å². The van der Waals surface area contributed by atoms with Crippen LogP contribution in [-0.4, -0.2) is 38.1 Å². The lowest BCUT2D eigenvalue weighted by Crippen LogP contribution is -2.47. The Hall–Kier alpha value is -3.69. The van der Waals surface area contributed by atoms with E-state index in [-0.39, 0.29) is 5.92 Å². The molecule has 150 valence electrons. The summed E-state index contributed by atoms with van der Waals surface area (Å²) in [6, 6.07) is 8.81. The van der Waals surface area contributed by atoms with Gasteiger partial charge in [-0.15, -0.1) is 5.10 Å². The number of tetrazole rings is 1. The summed E-state index contributed by atoms with van der Waals surface area (Å²) in [4.78, 5) is 25.0. The van der Waals surface area contributed by atoms with E-state index in [1.807, 2.05) is 0 Å². The summed E-state index contributed by atoms with van der Waals surface area (Å²) in [6.07, 6.45) is 1.43. The quantitative estimate of drug-likeness (QED) is 0.661. The van der Waals surface area contributed by atoms with E-state index >= 15 is 0 Å². The molecule has 3 rings (SSSR count). The van der Waals surface area contributed by atoms with Crippen molar-refractivity contribution in [2.45, 2.75) is 19.9 Å². The topological polar surface area (TPSA) is 102 Å². The number of anilines is 1. The lowest BCUT2D eigenvalue weighted by molar-refractivity contribution is -0.118. The molecule has 1 atom stereocenters. The monoisotopic (exact) mass is 400 g/mol. The molecule has 0 fully saturated rings. The average Bonchev–Trinajstić information content (AvgIpc) is 3.21. The first-order chi connectivity index (χ1) is 13.9. The van der Waals surface area contributed by atoms with Gasteiger partial charge >= 0.3 is 0 Å². The largest absolute Gasteiger partial charge is 0.340 e. The fraction of sp³-hybridized carbons (Fsp3) is 0.211. The van der Waals surface area contributed by atoms with Crippen molar-refractivity contribution >= 4 is 17.5 Å². The number of carbonyl (C=O) groups excluding carboxylic acids is 2. The Labute approximate surface area is 164 Å². The van der Waals surface area contributed by atoms with Gasteiger partial charge in [0.2, 0.25) is 5.91 Å². The minimum atomic E-state index is -0.999. The summed E-state index contributed by atoms with van der Waals surface area (Å²) in [5.74, 6) is -3.83. The van der Waals surface area contributed by atoms with Gasteiger partial charge < -0.3 is 10.6 Å². The van der Waals surface area contributed by atoms with Crippen LogP contribution in [0, 0.1) is 17.6 Å². The van der Waals surface area contributed by atoms with Crippen molar-refractivity contribution in [2.75, 3.05) is 5.32 Å². The normalized spacial score (nSPS) is 11.9. The van der Waals surface area contributed by atoms with Gasteiger partial charge in [0.05, 0.1) is 5.69 Å². The highest BCUT2D eigenvalue weighted by molar-refractivity contribution is 6.01. The number of benzene rings is 2.